The average Bonchev–Trinajstić information content (AvgIpc) is 3.22. The molecule has 1 unspecified atom stereocenters. The quantitative estimate of drug-likeness (QED) is 0.842. The number of aromatic nitrogens is 1. The lowest BCUT2D eigenvalue weighted by Crippen LogP contribution is -2.42. The Morgan fingerprint density at radius 2 is 2.16 bits per heavy atom. The van der Waals surface area contributed by atoms with E-state index in [1.807, 2.05) is 11.8 Å². The SMILES string of the molecule is CCCC1(CO)CCN(C(=O)C2CCN(Cc3csc(C)n3)CC2)C1. The maximum Gasteiger partial charge on any atom is 0.225 e. The van der Waals surface area contributed by atoms with E-state index >= 15 is 0 Å². The third-order valence-electron chi connectivity index (χ3n) is 5.85. The van der Waals surface area contributed by atoms with Gasteiger partial charge >= 0.3 is 0 Å². The average molecular weight is 366 g/mol. The number of nitrogens with zero attached hydrogens (tertiary/aromatic N) is 3. The number of amides is 1. The van der Waals surface area contributed by atoms with Crippen LogP contribution in [0.3, 0.4) is 0 Å². The smallest absolute Gasteiger partial charge is 0.225 e. The summed E-state index contributed by atoms with van der Waals surface area (Å²) in [5.74, 6) is 0.472. The van der Waals surface area contributed by atoms with Crippen LogP contribution in [0.2, 0.25) is 0 Å². The van der Waals surface area contributed by atoms with Crippen LogP contribution in [-0.2, 0) is 11.3 Å². The molecule has 6 heteroatoms. The van der Waals surface area contributed by atoms with E-state index in [2.05, 4.69) is 22.2 Å². The first-order valence-electron chi connectivity index (χ1n) is 9.58. The van der Waals surface area contributed by atoms with Gasteiger partial charge in [-0.25, -0.2) is 4.98 Å². The van der Waals surface area contributed by atoms with Crippen LogP contribution >= 0.6 is 11.3 Å². The number of hydrogen-bond acceptors (Lipinski definition) is 5. The monoisotopic (exact) mass is 365 g/mol. The zero-order valence-corrected chi connectivity index (χ0v) is 16.4. The predicted octanol–water partition coefficient (Wildman–Crippen LogP) is 2.67. The minimum atomic E-state index is -0.0480. The molecule has 0 radical (unpaired) electrons. The number of carbonyl (C=O) groups is 1. The molecule has 0 saturated carbocycles. The van der Waals surface area contributed by atoms with Crippen LogP contribution in [0.5, 0.6) is 0 Å². The number of thiazole rings is 1. The summed E-state index contributed by atoms with van der Waals surface area (Å²) in [4.78, 5) is 21.9. The molecule has 3 heterocycles. The molecule has 0 aliphatic carbocycles. The van der Waals surface area contributed by atoms with E-state index in [1.165, 1.54) is 0 Å². The fourth-order valence-corrected chi connectivity index (χ4v) is 4.98. The van der Waals surface area contributed by atoms with Crippen molar-refractivity contribution in [3.63, 3.8) is 0 Å². The van der Waals surface area contributed by atoms with Crippen LogP contribution in [0, 0.1) is 18.3 Å². The molecule has 1 aromatic rings. The van der Waals surface area contributed by atoms with Crippen molar-refractivity contribution in [2.24, 2.45) is 11.3 Å². The van der Waals surface area contributed by atoms with Crippen LogP contribution in [-0.4, -0.2) is 58.6 Å². The maximum atomic E-state index is 12.9. The van der Waals surface area contributed by atoms with Crippen molar-refractivity contribution in [3.8, 4) is 0 Å². The van der Waals surface area contributed by atoms with Crippen LogP contribution < -0.4 is 0 Å². The molecule has 0 bridgehead atoms. The molecule has 2 saturated heterocycles. The maximum absolute atomic E-state index is 12.9. The molecule has 5 nitrogen and oxygen atoms in total. The highest BCUT2D eigenvalue weighted by Gasteiger charge is 2.40. The van der Waals surface area contributed by atoms with E-state index in [1.54, 1.807) is 11.3 Å². The lowest BCUT2D eigenvalue weighted by molar-refractivity contribution is -0.136. The van der Waals surface area contributed by atoms with E-state index in [0.717, 1.165) is 75.5 Å². The second kappa shape index (κ2) is 8.14. The fraction of sp³-hybridized carbons (Fsp3) is 0.789. The number of rotatable bonds is 6. The van der Waals surface area contributed by atoms with Gasteiger partial charge < -0.3 is 10.0 Å². The summed E-state index contributed by atoms with van der Waals surface area (Å²) in [5, 5.41) is 13.0. The molecule has 2 fully saturated rings. The Morgan fingerprint density at radius 3 is 2.76 bits per heavy atom. The predicted molar refractivity (Wildman–Crippen MR) is 100 cm³/mol. The third kappa shape index (κ3) is 4.41. The number of hydrogen-bond donors (Lipinski definition) is 1. The van der Waals surface area contributed by atoms with Crippen LogP contribution in [0.15, 0.2) is 5.38 Å². The van der Waals surface area contributed by atoms with Crippen molar-refractivity contribution in [2.45, 2.75) is 52.5 Å². The van der Waals surface area contributed by atoms with Crippen molar-refractivity contribution < 1.29 is 9.90 Å². The molecular formula is C19H31N3O2S. The summed E-state index contributed by atoms with van der Waals surface area (Å²) in [7, 11) is 0. The van der Waals surface area contributed by atoms with Gasteiger partial charge in [-0.05, 0) is 45.7 Å². The van der Waals surface area contributed by atoms with Gasteiger partial charge in [-0.15, -0.1) is 11.3 Å². The van der Waals surface area contributed by atoms with Crippen molar-refractivity contribution in [2.75, 3.05) is 32.8 Å². The minimum Gasteiger partial charge on any atom is -0.396 e. The molecular weight excluding hydrogens is 334 g/mol. The highest BCUT2D eigenvalue weighted by molar-refractivity contribution is 7.09. The van der Waals surface area contributed by atoms with E-state index < -0.39 is 0 Å². The molecule has 1 atom stereocenters. The van der Waals surface area contributed by atoms with Crippen molar-refractivity contribution in [1.82, 2.24) is 14.8 Å². The summed E-state index contributed by atoms with van der Waals surface area (Å²) in [6, 6.07) is 0. The standard InChI is InChI=1S/C19H31N3O2S/c1-3-6-19(14-23)7-10-22(13-19)18(24)16-4-8-21(9-5-16)11-17-12-25-15(2)20-17/h12,16,23H,3-11,13-14H2,1-2H3. The number of aliphatic hydroxyl groups is 1. The Labute approximate surface area is 155 Å². The molecule has 0 aromatic carbocycles. The largest absolute Gasteiger partial charge is 0.396 e. The summed E-state index contributed by atoms with van der Waals surface area (Å²) >= 11 is 1.70. The summed E-state index contributed by atoms with van der Waals surface area (Å²) < 4.78 is 0. The molecule has 3 rings (SSSR count). The highest BCUT2D eigenvalue weighted by Crippen LogP contribution is 2.36. The van der Waals surface area contributed by atoms with E-state index in [4.69, 9.17) is 0 Å². The minimum absolute atomic E-state index is 0.0480. The number of likely N-dealkylation sites (tertiary alicyclic amines) is 2. The zero-order chi connectivity index (χ0) is 17.9. The van der Waals surface area contributed by atoms with Gasteiger partial charge in [-0.1, -0.05) is 13.3 Å². The molecule has 2 aliphatic heterocycles. The number of piperidine rings is 1. The number of aliphatic hydroxyl groups excluding tert-OH is 1. The molecule has 0 spiro atoms. The Kier molecular flexibility index (Phi) is 6.12. The molecule has 140 valence electrons. The molecule has 1 amide bonds. The molecule has 1 aromatic heterocycles. The van der Waals surface area contributed by atoms with Gasteiger partial charge in [0.25, 0.3) is 0 Å². The first kappa shape index (κ1) is 18.8. The third-order valence-corrected chi connectivity index (χ3v) is 6.68. The van der Waals surface area contributed by atoms with Gasteiger partial charge in [0.2, 0.25) is 5.91 Å². The first-order chi connectivity index (χ1) is 12.0. The molecule has 2 aliphatic rings. The van der Waals surface area contributed by atoms with Gasteiger partial charge in [-0.2, -0.15) is 0 Å². The van der Waals surface area contributed by atoms with Gasteiger partial charge in [0.15, 0.2) is 0 Å². The molecule has 1 N–H and O–H groups in total. The second-order valence-corrected chi connectivity index (χ2v) is 8.89. The van der Waals surface area contributed by atoms with Gasteiger partial charge in [0.1, 0.15) is 0 Å². The van der Waals surface area contributed by atoms with E-state index in [9.17, 15) is 9.90 Å². The first-order valence-corrected chi connectivity index (χ1v) is 10.5. The van der Waals surface area contributed by atoms with E-state index in [0.29, 0.717) is 5.91 Å². The zero-order valence-electron chi connectivity index (χ0n) is 15.5. The summed E-state index contributed by atoms with van der Waals surface area (Å²) in [6.07, 6.45) is 4.91. The van der Waals surface area contributed by atoms with Crippen molar-refractivity contribution >= 4 is 17.2 Å². The highest BCUT2D eigenvalue weighted by atomic mass is 32.1. The van der Waals surface area contributed by atoms with Gasteiger partial charge in [-0.3, -0.25) is 9.69 Å². The second-order valence-electron chi connectivity index (χ2n) is 7.83. The topological polar surface area (TPSA) is 56.7 Å². The number of carbonyl (C=O) groups excluding carboxylic acids is 1. The fourth-order valence-electron chi connectivity index (χ4n) is 4.37. The summed E-state index contributed by atoms with van der Waals surface area (Å²) in [6.45, 7) is 8.81. The van der Waals surface area contributed by atoms with Gasteiger partial charge in [0.05, 0.1) is 17.3 Å². The Morgan fingerprint density at radius 1 is 1.40 bits per heavy atom. The number of aryl methyl sites for hydroxylation is 1. The Balaban J connectivity index is 1.48. The van der Waals surface area contributed by atoms with E-state index in [-0.39, 0.29) is 17.9 Å². The van der Waals surface area contributed by atoms with Crippen molar-refractivity contribution in [1.29, 1.82) is 0 Å². The van der Waals surface area contributed by atoms with Crippen LogP contribution in [0.1, 0.15) is 49.7 Å². The normalized spacial score (nSPS) is 25.6. The Bertz CT molecular complexity index is 583. The van der Waals surface area contributed by atoms with Crippen molar-refractivity contribution in [3.05, 3.63) is 16.1 Å². The summed E-state index contributed by atoms with van der Waals surface area (Å²) in [5.41, 5.74) is 1.10. The molecule has 25 heavy (non-hydrogen) atoms. The van der Waals surface area contributed by atoms with Gasteiger partial charge in [0, 0.05) is 36.3 Å². The lowest BCUT2D eigenvalue weighted by atomic mass is 9.83. The van der Waals surface area contributed by atoms with Crippen LogP contribution in [0.25, 0.3) is 0 Å². The lowest BCUT2D eigenvalue weighted by Gasteiger charge is -2.33. The van der Waals surface area contributed by atoms with Crippen LogP contribution in [0.4, 0.5) is 0 Å². The Hall–Kier alpha value is -0.980.